The van der Waals surface area contributed by atoms with Crippen LogP contribution in [0.5, 0.6) is 0 Å². The molecule has 0 aromatic rings. The van der Waals surface area contributed by atoms with Crippen molar-refractivity contribution in [1.82, 2.24) is 5.32 Å². The normalized spacial score (nSPS) is 66.7. The van der Waals surface area contributed by atoms with E-state index < -0.39 is 0 Å². The summed E-state index contributed by atoms with van der Waals surface area (Å²) >= 11 is 0. The first-order valence-electron chi connectivity index (χ1n) is 5.94. The molecule has 5 atom stereocenters. The van der Waals surface area contributed by atoms with E-state index in [9.17, 15) is 0 Å². The van der Waals surface area contributed by atoms with Gasteiger partial charge in [0.25, 0.3) is 0 Å². The molecule has 13 heavy (non-hydrogen) atoms. The molecular weight excluding hydrogens is 158 g/mol. The molecule has 1 N–H and O–H groups in total. The standard InChI is InChI=1S/C12H19N/c1-13-12-4-8-2-9-5-11(3-8,7-12)10(9)6-12/h8-10,13H,2-7H2,1H3/t8?,9?,10?,11-,12?/m1/s1. The van der Waals surface area contributed by atoms with Crippen LogP contribution < -0.4 is 5.32 Å². The van der Waals surface area contributed by atoms with Gasteiger partial charge in [-0.15, -0.1) is 0 Å². The third-order valence-corrected chi connectivity index (χ3v) is 5.87. The van der Waals surface area contributed by atoms with E-state index in [4.69, 9.17) is 0 Å². The van der Waals surface area contributed by atoms with Crippen molar-refractivity contribution in [2.24, 2.45) is 23.2 Å². The molecule has 0 aromatic carbocycles. The van der Waals surface area contributed by atoms with Crippen LogP contribution in [0.15, 0.2) is 0 Å². The Hall–Kier alpha value is -0.0400. The number of rotatable bonds is 1. The van der Waals surface area contributed by atoms with Gasteiger partial charge in [0.2, 0.25) is 0 Å². The summed E-state index contributed by atoms with van der Waals surface area (Å²) in [4.78, 5) is 0. The molecule has 5 aliphatic rings. The quantitative estimate of drug-likeness (QED) is 0.647. The first kappa shape index (κ1) is 7.28. The van der Waals surface area contributed by atoms with Crippen molar-refractivity contribution in [3.05, 3.63) is 0 Å². The van der Waals surface area contributed by atoms with E-state index >= 15 is 0 Å². The summed E-state index contributed by atoms with van der Waals surface area (Å²) < 4.78 is 0. The van der Waals surface area contributed by atoms with E-state index in [1.54, 1.807) is 19.3 Å². The summed E-state index contributed by atoms with van der Waals surface area (Å²) in [6.45, 7) is 0. The van der Waals surface area contributed by atoms with Gasteiger partial charge in [0, 0.05) is 5.54 Å². The molecule has 0 saturated heterocycles. The van der Waals surface area contributed by atoms with Crippen LogP contribution in [0.2, 0.25) is 0 Å². The van der Waals surface area contributed by atoms with Crippen LogP contribution in [0.1, 0.15) is 38.5 Å². The predicted molar refractivity (Wildman–Crippen MR) is 52.4 cm³/mol. The largest absolute Gasteiger partial charge is 0.314 e. The van der Waals surface area contributed by atoms with Gasteiger partial charge in [0.05, 0.1) is 0 Å². The Morgan fingerprint density at radius 3 is 2.92 bits per heavy atom. The molecule has 0 heterocycles. The molecule has 1 heteroatoms. The van der Waals surface area contributed by atoms with Crippen LogP contribution >= 0.6 is 0 Å². The third kappa shape index (κ3) is 0.643. The van der Waals surface area contributed by atoms with E-state index in [1.807, 2.05) is 0 Å². The van der Waals surface area contributed by atoms with Crippen molar-refractivity contribution < 1.29 is 0 Å². The predicted octanol–water partition coefficient (Wildman–Crippen LogP) is 2.17. The molecule has 1 nitrogen and oxygen atoms in total. The van der Waals surface area contributed by atoms with Gasteiger partial charge in [-0.25, -0.2) is 0 Å². The highest BCUT2D eigenvalue weighted by Gasteiger charge is 2.69. The Morgan fingerprint density at radius 2 is 2.08 bits per heavy atom. The molecule has 1 spiro atoms. The lowest BCUT2D eigenvalue weighted by Crippen LogP contribution is -2.54. The smallest absolute Gasteiger partial charge is 0.0189 e. The fourth-order valence-electron chi connectivity index (χ4n) is 5.71. The van der Waals surface area contributed by atoms with Gasteiger partial charge >= 0.3 is 0 Å². The van der Waals surface area contributed by atoms with E-state index in [1.165, 1.54) is 19.3 Å². The van der Waals surface area contributed by atoms with Crippen molar-refractivity contribution in [3.63, 3.8) is 0 Å². The van der Waals surface area contributed by atoms with Crippen LogP contribution in [0.3, 0.4) is 0 Å². The van der Waals surface area contributed by atoms with Gasteiger partial charge in [-0.1, -0.05) is 0 Å². The highest BCUT2D eigenvalue weighted by molar-refractivity contribution is 5.21. The lowest BCUT2D eigenvalue weighted by Gasteiger charge is -2.60. The summed E-state index contributed by atoms with van der Waals surface area (Å²) in [5, 5.41) is 3.66. The molecule has 5 rings (SSSR count). The molecule has 0 amide bonds. The van der Waals surface area contributed by atoms with Gasteiger partial charge in [0.15, 0.2) is 0 Å². The summed E-state index contributed by atoms with van der Waals surface area (Å²) in [6, 6.07) is 0. The fourth-order valence-corrected chi connectivity index (χ4v) is 5.71. The molecule has 4 unspecified atom stereocenters. The molecule has 0 radical (unpaired) electrons. The van der Waals surface area contributed by atoms with Crippen LogP contribution in [0.4, 0.5) is 0 Å². The highest BCUT2D eigenvalue weighted by atomic mass is 15.0. The molecule has 72 valence electrons. The average Bonchev–Trinajstić information content (AvgIpc) is 2.23. The maximum absolute atomic E-state index is 3.66. The van der Waals surface area contributed by atoms with Gasteiger partial charge in [-0.05, 0) is 68.7 Å². The summed E-state index contributed by atoms with van der Waals surface area (Å²) in [7, 11) is 2.20. The van der Waals surface area contributed by atoms with Crippen LogP contribution in [0, 0.1) is 23.2 Å². The van der Waals surface area contributed by atoms with Crippen molar-refractivity contribution in [1.29, 1.82) is 0 Å². The Morgan fingerprint density at radius 1 is 1.15 bits per heavy atom. The first-order chi connectivity index (χ1) is 6.25. The Bertz CT molecular complexity index is 272. The molecule has 5 fully saturated rings. The lowest BCUT2D eigenvalue weighted by atomic mass is 9.45. The minimum Gasteiger partial charge on any atom is -0.314 e. The minimum atomic E-state index is 0.596. The SMILES string of the molecule is CNC12CC3CC4C[C@](C3)(C1)C4C2. The van der Waals surface area contributed by atoms with Gasteiger partial charge in [0.1, 0.15) is 0 Å². The maximum Gasteiger partial charge on any atom is 0.0189 e. The summed E-state index contributed by atoms with van der Waals surface area (Å²) in [5.41, 5.74) is 1.45. The van der Waals surface area contributed by atoms with Crippen LogP contribution in [-0.2, 0) is 0 Å². The second-order valence-electron chi connectivity index (χ2n) is 6.35. The van der Waals surface area contributed by atoms with E-state index in [-0.39, 0.29) is 0 Å². The number of hydrogen-bond acceptors (Lipinski definition) is 1. The van der Waals surface area contributed by atoms with Crippen molar-refractivity contribution >= 4 is 0 Å². The molecule has 5 aliphatic carbocycles. The monoisotopic (exact) mass is 177 g/mol. The molecular formula is C12H19N. The molecule has 0 aliphatic heterocycles. The molecule has 0 aromatic heterocycles. The van der Waals surface area contributed by atoms with E-state index in [0.29, 0.717) is 5.54 Å². The Balaban J connectivity index is 1.82. The van der Waals surface area contributed by atoms with Crippen molar-refractivity contribution in [2.45, 2.75) is 44.1 Å². The van der Waals surface area contributed by atoms with E-state index in [2.05, 4.69) is 12.4 Å². The number of nitrogens with one attached hydrogen (secondary N) is 1. The zero-order chi connectivity index (χ0) is 8.68. The van der Waals surface area contributed by atoms with Crippen molar-refractivity contribution in [2.75, 3.05) is 7.05 Å². The van der Waals surface area contributed by atoms with Crippen LogP contribution in [-0.4, -0.2) is 12.6 Å². The summed E-state index contributed by atoms with van der Waals surface area (Å²) in [6.07, 6.45) is 9.31. The average molecular weight is 177 g/mol. The second kappa shape index (κ2) is 1.84. The molecule has 5 saturated carbocycles. The molecule has 4 bridgehead atoms. The van der Waals surface area contributed by atoms with Gasteiger partial charge < -0.3 is 5.32 Å². The lowest BCUT2D eigenvalue weighted by molar-refractivity contribution is -0.104. The highest BCUT2D eigenvalue weighted by Crippen LogP contribution is 2.75. The minimum absolute atomic E-state index is 0.596. The number of fused-ring (bicyclic) bond motifs is 1. The van der Waals surface area contributed by atoms with Crippen molar-refractivity contribution in [3.8, 4) is 0 Å². The number of hydrogen-bond donors (Lipinski definition) is 1. The fraction of sp³-hybridized carbons (Fsp3) is 1.00. The van der Waals surface area contributed by atoms with Gasteiger partial charge in [-0.2, -0.15) is 0 Å². The Labute approximate surface area is 80.3 Å². The topological polar surface area (TPSA) is 12.0 Å². The third-order valence-electron chi connectivity index (χ3n) is 5.87. The van der Waals surface area contributed by atoms with Gasteiger partial charge in [-0.3, -0.25) is 0 Å². The maximum atomic E-state index is 3.66. The zero-order valence-corrected chi connectivity index (χ0v) is 8.47. The van der Waals surface area contributed by atoms with Crippen LogP contribution in [0.25, 0.3) is 0 Å². The first-order valence-corrected chi connectivity index (χ1v) is 5.94. The zero-order valence-electron chi connectivity index (χ0n) is 8.47. The second-order valence-corrected chi connectivity index (χ2v) is 6.35. The van der Waals surface area contributed by atoms with E-state index in [0.717, 1.165) is 23.2 Å². The Kier molecular flexibility index (Phi) is 1.03. The summed E-state index contributed by atoms with van der Waals surface area (Å²) in [5.74, 6) is 3.38.